The molecule has 0 saturated carbocycles. The summed E-state index contributed by atoms with van der Waals surface area (Å²) in [6, 6.07) is 2.97. The molecule has 0 aliphatic carbocycles. The summed E-state index contributed by atoms with van der Waals surface area (Å²) in [7, 11) is 1.30. The molecule has 0 aliphatic rings. The molecule has 1 aromatic carbocycles. The van der Waals surface area contributed by atoms with Gasteiger partial charge in [0.05, 0.1) is 18.0 Å². The zero-order valence-electron chi connectivity index (χ0n) is 7.31. The van der Waals surface area contributed by atoms with Crippen LogP contribution in [0.1, 0.15) is 5.56 Å². The van der Waals surface area contributed by atoms with E-state index in [1.807, 2.05) is 0 Å². The molecule has 0 unspecified atom stereocenters. The van der Waals surface area contributed by atoms with E-state index in [4.69, 9.17) is 0 Å². The van der Waals surface area contributed by atoms with Crippen molar-refractivity contribution in [2.24, 2.45) is 0 Å². The number of methoxy groups -OCH3 is 1. The SMILES string of the molecule is COC(=O)Cc1cc(F)c(Br)c(Br)c1. The van der Waals surface area contributed by atoms with Gasteiger partial charge in [0.1, 0.15) is 5.82 Å². The number of carbonyl (C=O) groups is 1. The highest BCUT2D eigenvalue weighted by atomic mass is 79.9. The molecule has 76 valence electrons. The van der Waals surface area contributed by atoms with Gasteiger partial charge in [0.15, 0.2) is 0 Å². The Labute approximate surface area is 97.7 Å². The van der Waals surface area contributed by atoms with Crippen molar-refractivity contribution in [3.8, 4) is 0 Å². The van der Waals surface area contributed by atoms with Gasteiger partial charge in [-0.25, -0.2) is 4.39 Å². The third kappa shape index (κ3) is 2.78. The number of ether oxygens (including phenoxy) is 1. The van der Waals surface area contributed by atoms with E-state index < -0.39 is 11.8 Å². The summed E-state index contributed by atoms with van der Waals surface area (Å²) in [5.74, 6) is -0.795. The molecule has 5 heteroatoms. The van der Waals surface area contributed by atoms with Gasteiger partial charge in [0.25, 0.3) is 0 Å². The molecule has 0 saturated heterocycles. The number of esters is 1. The molecule has 0 fully saturated rings. The molecule has 1 aromatic rings. The maximum atomic E-state index is 13.2. The highest BCUT2D eigenvalue weighted by Crippen LogP contribution is 2.27. The Morgan fingerprint density at radius 1 is 1.50 bits per heavy atom. The molecule has 1 rings (SSSR count). The molecule has 0 atom stereocenters. The maximum Gasteiger partial charge on any atom is 0.309 e. The van der Waals surface area contributed by atoms with Crippen LogP contribution in [-0.2, 0) is 16.0 Å². The number of benzene rings is 1. The zero-order chi connectivity index (χ0) is 10.7. The second-order valence-corrected chi connectivity index (χ2v) is 4.27. The highest BCUT2D eigenvalue weighted by Gasteiger charge is 2.09. The smallest absolute Gasteiger partial charge is 0.309 e. The van der Waals surface area contributed by atoms with Crippen molar-refractivity contribution in [3.05, 3.63) is 32.5 Å². The molecular formula is C9H7Br2FO2. The second-order valence-electron chi connectivity index (χ2n) is 2.63. The minimum Gasteiger partial charge on any atom is -0.469 e. The van der Waals surface area contributed by atoms with E-state index in [0.717, 1.165) is 0 Å². The van der Waals surface area contributed by atoms with Gasteiger partial charge in [-0.15, -0.1) is 0 Å². The summed E-state index contributed by atoms with van der Waals surface area (Å²) in [4.78, 5) is 10.9. The minimum atomic E-state index is -0.404. The van der Waals surface area contributed by atoms with Gasteiger partial charge in [0.2, 0.25) is 0 Å². The summed E-state index contributed by atoms with van der Waals surface area (Å²) in [6.07, 6.45) is 0.0687. The third-order valence-electron chi connectivity index (χ3n) is 1.62. The number of hydrogen-bond acceptors (Lipinski definition) is 2. The van der Waals surface area contributed by atoms with Gasteiger partial charge >= 0.3 is 5.97 Å². The normalized spacial score (nSPS) is 10.0. The van der Waals surface area contributed by atoms with Crippen LogP contribution in [-0.4, -0.2) is 13.1 Å². The number of rotatable bonds is 2. The number of halogens is 3. The lowest BCUT2D eigenvalue weighted by Gasteiger charge is -2.03. The lowest BCUT2D eigenvalue weighted by Crippen LogP contribution is -2.04. The fraction of sp³-hybridized carbons (Fsp3) is 0.222. The minimum absolute atomic E-state index is 0.0687. The van der Waals surface area contributed by atoms with E-state index in [0.29, 0.717) is 14.5 Å². The van der Waals surface area contributed by atoms with Gasteiger partial charge in [-0.3, -0.25) is 4.79 Å². The second kappa shape index (κ2) is 4.89. The Morgan fingerprint density at radius 2 is 2.14 bits per heavy atom. The van der Waals surface area contributed by atoms with E-state index in [9.17, 15) is 9.18 Å². The molecule has 0 aliphatic heterocycles. The van der Waals surface area contributed by atoms with Gasteiger partial charge < -0.3 is 4.74 Å². The predicted molar refractivity (Wildman–Crippen MR) is 57.5 cm³/mol. The topological polar surface area (TPSA) is 26.3 Å². The molecule has 0 aromatic heterocycles. The van der Waals surface area contributed by atoms with Crippen molar-refractivity contribution in [2.75, 3.05) is 7.11 Å². The fourth-order valence-electron chi connectivity index (χ4n) is 0.949. The van der Waals surface area contributed by atoms with Crippen LogP contribution < -0.4 is 0 Å². The molecule has 0 bridgehead atoms. The van der Waals surface area contributed by atoms with E-state index in [-0.39, 0.29) is 6.42 Å². The first kappa shape index (κ1) is 11.7. The zero-order valence-corrected chi connectivity index (χ0v) is 10.5. The Kier molecular flexibility index (Phi) is 4.07. The standard InChI is InChI=1S/C9H7Br2FO2/c1-14-8(13)4-5-2-6(10)9(11)7(12)3-5/h2-3H,4H2,1H3. The number of carbonyl (C=O) groups excluding carboxylic acids is 1. The molecule has 0 N–H and O–H groups in total. The van der Waals surface area contributed by atoms with Crippen molar-refractivity contribution in [2.45, 2.75) is 6.42 Å². The van der Waals surface area contributed by atoms with Gasteiger partial charge in [-0.2, -0.15) is 0 Å². The summed E-state index contributed by atoms with van der Waals surface area (Å²) in [5.41, 5.74) is 0.574. The van der Waals surface area contributed by atoms with Crippen LogP contribution in [0.2, 0.25) is 0 Å². The first-order valence-electron chi connectivity index (χ1n) is 3.75. The Bertz CT molecular complexity index is 343. The summed E-state index contributed by atoms with van der Waals surface area (Å²) in [6.45, 7) is 0. The molecule has 0 amide bonds. The monoisotopic (exact) mass is 324 g/mol. The first-order chi connectivity index (χ1) is 6.54. The maximum absolute atomic E-state index is 13.2. The van der Waals surface area contributed by atoms with Crippen LogP contribution in [0.5, 0.6) is 0 Å². The average Bonchev–Trinajstić information content (AvgIpc) is 2.14. The van der Waals surface area contributed by atoms with Gasteiger partial charge in [-0.05, 0) is 49.6 Å². The Morgan fingerprint density at radius 3 is 2.64 bits per heavy atom. The van der Waals surface area contributed by atoms with Crippen LogP contribution in [0.3, 0.4) is 0 Å². The molecule has 0 radical (unpaired) electrons. The van der Waals surface area contributed by atoms with Crippen molar-refractivity contribution in [1.29, 1.82) is 0 Å². The molecule has 0 heterocycles. The Balaban J connectivity index is 2.95. The van der Waals surface area contributed by atoms with Crippen LogP contribution in [0.4, 0.5) is 4.39 Å². The molecule has 0 spiro atoms. The number of hydrogen-bond donors (Lipinski definition) is 0. The van der Waals surface area contributed by atoms with E-state index in [1.165, 1.54) is 13.2 Å². The van der Waals surface area contributed by atoms with E-state index in [2.05, 4.69) is 36.6 Å². The molecule has 14 heavy (non-hydrogen) atoms. The average molecular weight is 326 g/mol. The molecule has 2 nitrogen and oxygen atoms in total. The lowest BCUT2D eigenvalue weighted by molar-refractivity contribution is -0.139. The summed E-state index contributed by atoms with van der Waals surface area (Å²) < 4.78 is 18.6. The third-order valence-corrected chi connectivity index (χ3v) is 3.58. The van der Waals surface area contributed by atoms with Crippen molar-refractivity contribution >= 4 is 37.8 Å². The fourth-order valence-corrected chi connectivity index (χ4v) is 1.66. The van der Waals surface area contributed by atoms with Crippen molar-refractivity contribution in [1.82, 2.24) is 0 Å². The first-order valence-corrected chi connectivity index (χ1v) is 5.33. The molecular weight excluding hydrogens is 319 g/mol. The largest absolute Gasteiger partial charge is 0.469 e. The van der Waals surface area contributed by atoms with Crippen LogP contribution in [0.25, 0.3) is 0 Å². The predicted octanol–water partition coefficient (Wildman–Crippen LogP) is 3.07. The van der Waals surface area contributed by atoms with E-state index >= 15 is 0 Å². The summed E-state index contributed by atoms with van der Waals surface area (Å²) in [5, 5.41) is 0. The van der Waals surface area contributed by atoms with Crippen LogP contribution in [0.15, 0.2) is 21.1 Å². The van der Waals surface area contributed by atoms with Crippen molar-refractivity contribution < 1.29 is 13.9 Å². The van der Waals surface area contributed by atoms with Gasteiger partial charge in [0, 0.05) is 4.47 Å². The Hall–Kier alpha value is -0.420. The van der Waals surface area contributed by atoms with Crippen LogP contribution >= 0.6 is 31.9 Å². The summed E-state index contributed by atoms with van der Waals surface area (Å²) >= 11 is 6.23. The quantitative estimate of drug-likeness (QED) is 0.617. The highest BCUT2D eigenvalue weighted by molar-refractivity contribution is 9.13. The van der Waals surface area contributed by atoms with E-state index in [1.54, 1.807) is 6.07 Å². The van der Waals surface area contributed by atoms with Crippen LogP contribution in [0, 0.1) is 5.82 Å². The van der Waals surface area contributed by atoms with Crippen molar-refractivity contribution in [3.63, 3.8) is 0 Å². The van der Waals surface area contributed by atoms with Gasteiger partial charge in [-0.1, -0.05) is 0 Å². The lowest BCUT2D eigenvalue weighted by atomic mass is 10.1.